The number of hydrogen-bond acceptors (Lipinski definition) is 4. The number of sulfone groups is 1. The molecule has 6 heteroatoms. The summed E-state index contributed by atoms with van der Waals surface area (Å²) in [7, 11) is -2.97. The van der Waals surface area contributed by atoms with Crippen LogP contribution in [0.2, 0.25) is 5.15 Å². The van der Waals surface area contributed by atoms with Gasteiger partial charge < -0.3 is 4.74 Å². The van der Waals surface area contributed by atoms with Crippen molar-refractivity contribution in [1.82, 2.24) is 4.98 Å². The fourth-order valence-electron chi connectivity index (χ4n) is 0.878. The second-order valence-electron chi connectivity index (χ2n) is 2.90. The molecule has 84 valence electrons. The van der Waals surface area contributed by atoms with Crippen molar-refractivity contribution in [3.8, 4) is 5.75 Å². The molecule has 0 unspecified atom stereocenters. The summed E-state index contributed by atoms with van der Waals surface area (Å²) in [5.74, 6) is 0.673. The van der Waals surface area contributed by atoms with Crippen molar-refractivity contribution in [2.75, 3.05) is 18.1 Å². The first-order valence-corrected chi connectivity index (χ1v) is 6.68. The number of halogens is 1. The minimum atomic E-state index is -2.97. The molecule has 1 aromatic heterocycles. The molecule has 4 nitrogen and oxygen atoms in total. The Balaban J connectivity index is 2.42. The van der Waals surface area contributed by atoms with Crippen molar-refractivity contribution < 1.29 is 13.2 Å². The van der Waals surface area contributed by atoms with Gasteiger partial charge in [-0.1, -0.05) is 18.5 Å². The smallest absolute Gasteiger partial charge is 0.153 e. The van der Waals surface area contributed by atoms with Gasteiger partial charge in [-0.2, -0.15) is 0 Å². The van der Waals surface area contributed by atoms with Gasteiger partial charge in [0.05, 0.1) is 11.9 Å². The van der Waals surface area contributed by atoms with Crippen molar-refractivity contribution in [2.24, 2.45) is 0 Å². The fourth-order valence-corrected chi connectivity index (χ4v) is 1.62. The Morgan fingerprint density at radius 3 is 2.73 bits per heavy atom. The molecule has 0 aliphatic carbocycles. The van der Waals surface area contributed by atoms with Crippen LogP contribution in [0.3, 0.4) is 0 Å². The van der Waals surface area contributed by atoms with E-state index in [0.717, 1.165) is 0 Å². The summed E-state index contributed by atoms with van der Waals surface area (Å²) in [6.07, 6.45) is 1.46. The maximum atomic E-state index is 11.1. The number of hydrogen-bond donors (Lipinski definition) is 0. The maximum Gasteiger partial charge on any atom is 0.153 e. The first kappa shape index (κ1) is 12.3. The summed E-state index contributed by atoms with van der Waals surface area (Å²) in [5.41, 5.74) is 0. The average Bonchev–Trinajstić information content (AvgIpc) is 2.21. The molecule has 0 saturated heterocycles. The van der Waals surface area contributed by atoms with E-state index >= 15 is 0 Å². The zero-order valence-electron chi connectivity index (χ0n) is 8.31. The number of aromatic nitrogens is 1. The lowest BCUT2D eigenvalue weighted by Crippen LogP contribution is -2.15. The van der Waals surface area contributed by atoms with E-state index in [1.807, 2.05) is 0 Å². The van der Waals surface area contributed by atoms with Crippen LogP contribution in [0.25, 0.3) is 0 Å². The third-order valence-corrected chi connectivity index (χ3v) is 3.70. The third-order valence-electron chi connectivity index (χ3n) is 1.80. The predicted molar refractivity (Wildman–Crippen MR) is 59.1 cm³/mol. The molecule has 0 spiro atoms. The Hall–Kier alpha value is -0.810. The number of nitrogens with zero attached hydrogens (tertiary/aromatic N) is 1. The van der Waals surface area contributed by atoms with Crippen molar-refractivity contribution in [3.05, 3.63) is 23.5 Å². The SMILES string of the molecule is CCS(=O)(=O)CCOc1ccc(Cl)nc1. The number of ether oxygens (including phenoxy) is 1. The number of rotatable bonds is 5. The highest BCUT2D eigenvalue weighted by Gasteiger charge is 2.07. The minimum absolute atomic E-state index is 0.0200. The van der Waals surface area contributed by atoms with E-state index in [0.29, 0.717) is 10.9 Å². The average molecular weight is 250 g/mol. The van der Waals surface area contributed by atoms with E-state index in [9.17, 15) is 8.42 Å². The fraction of sp³-hybridized carbons (Fsp3) is 0.444. The lowest BCUT2D eigenvalue weighted by molar-refractivity contribution is 0.339. The zero-order valence-corrected chi connectivity index (χ0v) is 9.88. The molecule has 0 N–H and O–H groups in total. The van der Waals surface area contributed by atoms with Crippen LogP contribution in [0.1, 0.15) is 6.92 Å². The monoisotopic (exact) mass is 249 g/mol. The van der Waals surface area contributed by atoms with Crippen LogP contribution in [-0.2, 0) is 9.84 Å². The molecular weight excluding hydrogens is 238 g/mol. The van der Waals surface area contributed by atoms with Gasteiger partial charge in [-0.3, -0.25) is 0 Å². The van der Waals surface area contributed by atoms with Gasteiger partial charge in [0.1, 0.15) is 17.5 Å². The van der Waals surface area contributed by atoms with E-state index < -0.39 is 9.84 Å². The summed E-state index contributed by atoms with van der Waals surface area (Å²) < 4.78 is 27.5. The molecule has 0 bridgehead atoms. The minimum Gasteiger partial charge on any atom is -0.491 e. The number of pyridine rings is 1. The van der Waals surface area contributed by atoms with Gasteiger partial charge >= 0.3 is 0 Å². The van der Waals surface area contributed by atoms with Gasteiger partial charge in [0.15, 0.2) is 9.84 Å². The molecule has 0 fully saturated rings. The summed E-state index contributed by atoms with van der Waals surface area (Å²) in [5, 5.41) is 0.378. The van der Waals surface area contributed by atoms with Crippen molar-refractivity contribution in [2.45, 2.75) is 6.92 Å². The highest BCUT2D eigenvalue weighted by atomic mass is 35.5. The molecule has 0 amide bonds. The van der Waals surface area contributed by atoms with E-state index in [1.165, 1.54) is 6.20 Å². The van der Waals surface area contributed by atoms with Crippen LogP contribution in [0.5, 0.6) is 5.75 Å². The quantitative estimate of drug-likeness (QED) is 0.743. The Kier molecular flexibility index (Phi) is 4.35. The summed E-state index contributed by atoms with van der Waals surface area (Å²) in [4.78, 5) is 3.81. The molecular formula is C9H12ClNO3S. The molecule has 1 rings (SSSR count). The lowest BCUT2D eigenvalue weighted by atomic mass is 10.5. The third kappa shape index (κ3) is 4.48. The molecule has 1 aromatic rings. The molecule has 0 aromatic carbocycles. The van der Waals surface area contributed by atoms with Gasteiger partial charge in [-0.05, 0) is 12.1 Å². The topological polar surface area (TPSA) is 56.3 Å². The van der Waals surface area contributed by atoms with Gasteiger partial charge in [0, 0.05) is 5.75 Å². The second-order valence-corrected chi connectivity index (χ2v) is 5.76. The lowest BCUT2D eigenvalue weighted by Gasteiger charge is -2.05. The highest BCUT2D eigenvalue weighted by Crippen LogP contribution is 2.11. The van der Waals surface area contributed by atoms with Crippen molar-refractivity contribution in [1.29, 1.82) is 0 Å². The molecule has 0 aliphatic heterocycles. The Bertz CT molecular complexity index is 402. The molecule has 0 saturated carbocycles. The van der Waals surface area contributed by atoms with Crippen LogP contribution in [0.15, 0.2) is 18.3 Å². The summed E-state index contributed by atoms with van der Waals surface area (Å²) in [6, 6.07) is 3.24. The predicted octanol–water partition coefficient (Wildman–Crippen LogP) is 1.55. The zero-order chi connectivity index (χ0) is 11.3. The van der Waals surface area contributed by atoms with Crippen LogP contribution in [-0.4, -0.2) is 31.5 Å². The van der Waals surface area contributed by atoms with Gasteiger partial charge in [0.2, 0.25) is 0 Å². The molecule has 15 heavy (non-hydrogen) atoms. The standard InChI is InChI=1S/C9H12ClNO3S/c1-2-15(12,13)6-5-14-8-3-4-9(10)11-7-8/h3-4,7H,2,5-6H2,1H3. The van der Waals surface area contributed by atoms with Crippen LogP contribution < -0.4 is 4.74 Å². The van der Waals surface area contributed by atoms with Crippen LogP contribution >= 0.6 is 11.6 Å². The van der Waals surface area contributed by atoms with Crippen molar-refractivity contribution >= 4 is 21.4 Å². The first-order valence-electron chi connectivity index (χ1n) is 4.48. The first-order chi connectivity index (χ1) is 7.03. The largest absolute Gasteiger partial charge is 0.491 e. The second kappa shape index (κ2) is 5.32. The van der Waals surface area contributed by atoms with Gasteiger partial charge in [-0.25, -0.2) is 13.4 Å². The highest BCUT2D eigenvalue weighted by molar-refractivity contribution is 7.91. The van der Waals surface area contributed by atoms with Gasteiger partial charge in [-0.15, -0.1) is 0 Å². The Labute approximate surface area is 94.2 Å². The molecule has 0 atom stereocenters. The van der Waals surface area contributed by atoms with E-state index in [4.69, 9.17) is 16.3 Å². The van der Waals surface area contributed by atoms with Crippen molar-refractivity contribution in [3.63, 3.8) is 0 Å². The van der Waals surface area contributed by atoms with Crippen LogP contribution in [0.4, 0.5) is 0 Å². The van der Waals surface area contributed by atoms with E-state index in [1.54, 1.807) is 19.1 Å². The van der Waals surface area contributed by atoms with E-state index in [-0.39, 0.29) is 18.1 Å². The maximum absolute atomic E-state index is 11.1. The van der Waals surface area contributed by atoms with E-state index in [2.05, 4.69) is 4.98 Å². The van der Waals surface area contributed by atoms with Crippen LogP contribution in [0, 0.1) is 0 Å². The Morgan fingerprint density at radius 1 is 1.47 bits per heavy atom. The Morgan fingerprint density at radius 2 is 2.20 bits per heavy atom. The summed E-state index contributed by atoms with van der Waals surface area (Å²) in [6.45, 7) is 1.75. The molecule has 1 heterocycles. The normalized spacial score (nSPS) is 11.3. The molecule has 0 radical (unpaired) electrons. The molecule has 0 aliphatic rings. The van der Waals surface area contributed by atoms with Gasteiger partial charge in [0.25, 0.3) is 0 Å². The summed E-state index contributed by atoms with van der Waals surface area (Å²) >= 11 is 5.58.